The Morgan fingerprint density at radius 3 is 2.24 bits per heavy atom. The average molecular weight is 333 g/mol. The lowest BCUT2D eigenvalue weighted by Gasteiger charge is -2.28. The van der Waals surface area contributed by atoms with Crippen LogP contribution in [0.1, 0.15) is 25.7 Å². The average Bonchev–Trinajstić information content (AvgIpc) is 2.44. The predicted octanol–water partition coefficient (Wildman–Crippen LogP) is 2.91. The molecule has 0 saturated heterocycles. The Morgan fingerprint density at radius 1 is 1.24 bits per heavy atom. The number of alkyl halides is 4. The van der Waals surface area contributed by atoms with Crippen molar-refractivity contribution in [3.63, 3.8) is 0 Å². The molecule has 21 heavy (non-hydrogen) atoms. The molecule has 11 heteroatoms. The number of nitriles is 1. The predicted molar refractivity (Wildman–Crippen MR) is 59.7 cm³/mol. The SMILES string of the molecule is N#CC1CCC(OC(=O)C(F)(SOOO)C(F)(F)F)CC1. The second-order valence-corrected chi connectivity index (χ2v) is 5.19. The summed E-state index contributed by atoms with van der Waals surface area (Å²) in [5.74, 6) is -2.45. The van der Waals surface area contributed by atoms with Crippen LogP contribution < -0.4 is 0 Å². The van der Waals surface area contributed by atoms with Gasteiger partial charge in [-0.3, -0.25) is 0 Å². The zero-order chi connectivity index (χ0) is 16.1. The molecule has 0 aromatic heterocycles. The van der Waals surface area contributed by atoms with Crippen molar-refractivity contribution in [1.82, 2.24) is 0 Å². The number of hydrogen-bond donors (Lipinski definition) is 1. The lowest BCUT2D eigenvalue weighted by atomic mass is 9.88. The molecule has 0 aliphatic heterocycles. The summed E-state index contributed by atoms with van der Waals surface area (Å²) >= 11 is -1.06. The van der Waals surface area contributed by atoms with Crippen LogP contribution in [0.2, 0.25) is 0 Å². The van der Waals surface area contributed by atoms with Crippen LogP contribution in [-0.4, -0.2) is 28.5 Å². The van der Waals surface area contributed by atoms with Crippen LogP contribution >= 0.6 is 12.0 Å². The van der Waals surface area contributed by atoms with Crippen molar-refractivity contribution in [3.8, 4) is 6.07 Å². The van der Waals surface area contributed by atoms with Crippen LogP contribution in [0.3, 0.4) is 0 Å². The van der Waals surface area contributed by atoms with Gasteiger partial charge in [0.1, 0.15) is 6.10 Å². The van der Waals surface area contributed by atoms with E-state index in [2.05, 4.69) is 14.1 Å². The molecule has 1 aliphatic carbocycles. The fourth-order valence-electron chi connectivity index (χ4n) is 1.80. The number of hydrogen-bond acceptors (Lipinski definition) is 7. The molecule has 0 heterocycles. The van der Waals surface area contributed by atoms with Gasteiger partial charge in [0.2, 0.25) is 0 Å². The highest BCUT2D eigenvalue weighted by Crippen LogP contribution is 2.45. The van der Waals surface area contributed by atoms with E-state index >= 15 is 0 Å². The van der Waals surface area contributed by atoms with Crippen LogP contribution in [0, 0.1) is 17.2 Å². The molecule has 1 saturated carbocycles. The summed E-state index contributed by atoms with van der Waals surface area (Å²) in [5.41, 5.74) is 0. The van der Waals surface area contributed by atoms with E-state index in [1.807, 2.05) is 6.07 Å². The summed E-state index contributed by atoms with van der Waals surface area (Å²) in [6, 6.07) is 2.00. The molecule has 0 amide bonds. The summed E-state index contributed by atoms with van der Waals surface area (Å²) in [4.78, 5) is 11.4. The van der Waals surface area contributed by atoms with E-state index in [0.717, 1.165) is 0 Å². The van der Waals surface area contributed by atoms with Crippen molar-refractivity contribution < 1.29 is 41.7 Å². The van der Waals surface area contributed by atoms with Crippen molar-refractivity contribution in [2.45, 2.75) is 43.0 Å². The first kappa shape index (κ1) is 18.0. The quantitative estimate of drug-likeness (QED) is 0.272. The second-order valence-electron chi connectivity index (χ2n) is 4.33. The highest BCUT2D eigenvalue weighted by atomic mass is 32.2. The Bertz CT molecular complexity index is 407. The summed E-state index contributed by atoms with van der Waals surface area (Å²) < 4.78 is 59.4. The highest BCUT2D eigenvalue weighted by molar-refractivity contribution is 7.96. The maximum absolute atomic E-state index is 13.8. The number of ether oxygens (including phenoxy) is 1. The largest absolute Gasteiger partial charge is 0.459 e. The minimum atomic E-state index is -5.63. The Balaban J connectivity index is 2.68. The van der Waals surface area contributed by atoms with E-state index in [-0.39, 0.29) is 18.8 Å². The molecule has 1 aliphatic rings. The fraction of sp³-hybridized carbons (Fsp3) is 0.800. The fourth-order valence-corrected chi connectivity index (χ4v) is 2.13. The minimum Gasteiger partial charge on any atom is -0.459 e. The zero-order valence-corrected chi connectivity index (χ0v) is 11.2. The molecule has 1 fully saturated rings. The van der Waals surface area contributed by atoms with Gasteiger partial charge in [-0.15, -0.1) is 4.33 Å². The lowest BCUT2D eigenvalue weighted by Crippen LogP contribution is -2.47. The van der Waals surface area contributed by atoms with E-state index in [0.29, 0.717) is 12.8 Å². The van der Waals surface area contributed by atoms with Gasteiger partial charge in [-0.05, 0) is 25.7 Å². The molecule has 1 atom stereocenters. The number of rotatable bonds is 5. The minimum absolute atomic E-state index is 0.167. The van der Waals surface area contributed by atoms with Gasteiger partial charge < -0.3 is 4.74 Å². The molecule has 120 valence electrons. The normalized spacial score (nSPS) is 25.7. The van der Waals surface area contributed by atoms with Gasteiger partial charge in [-0.2, -0.15) is 18.4 Å². The van der Waals surface area contributed by atoms with Crippen molar-refractivity contribution in [2.24, 2.45) is 5.92 Å². The third-order valence-corrected chi connectivity index (χ3v) is 3.69. The van der Waals surface area contributed by atoms with Crippen LogP contribution in [0.5, 0.6) is 0 Å². The molecule has 0 spiro atoms. The van der Waals surface area contributed by atoms with Crippen molar-refractivity contribution in [1.29, 1.82) is 5.26 Å². The third-order valence-electron chi connectivity index (χ3n) is 2.94. The van der Waals surface area contributed by atoms with Gasteiger partial charge in [-0.1, -0.05) is 5.04 Å². The smallest absolute Gasteiger partial charge is 0.446 e. The summed E-state index contributed by atoms with van der Waals surface area (Å²) in [7, 11) is 0. The summed E-state index contributed by atoms with van der Waals surface area (Å²) in [6.07, 6.45) is -5.50. The summed E-state index contributed by atoms with van der Waals surface area (Å²) in [6.45, 7) is 0. The third kappa shape index (κ3) is 4.44. The van der Waals surface area contributed by atoms with Gasteiger partial charge in [0.05, 0.1) is 18.1 Å². The van der Waals surface area contributed by atoms with E-state index in [9.17, 15) is 22.4 Å². The number of carbonyl (C=O) groups is 1. The number of nitrogens with zero attached hydrogens (tertiary/aromatic N) is 1. The molecule has 0 radical (unpaired) electrons. The van der Waals surface area contributed by atoms with E-state index in [1.165, 1.54) is 0 Å². The standard InChI is InChI=1S/C10H11F4NO5S/c11-9(10(12,13)14,21-20-19-17)8(16)18-7-3-1-6(5-15)2-4-7/h6-7,17H,1-4H2. The van der Waals surface area contributed by atoms with Crippen molar-refractivity contribution >= 4 is 18.0 Å². The Kier molecular flexibility index (Phi) is 6.21. The molecular weight excluding hydrogens is 322 g/mol. The summed E-state index contributed by atoms with van der Waals surface area (Å²) in [5, 5.41) is 14.8. The van der Waals surface area contributed by atoms with E-state index in [4.69, 9.17) is 10.5 Å². The van der Waals surface area contributed by atoms with E-state index in [1.54, 1.807) is 0 Å². The van der Waals surface area contributed by atoms with Crippen LogP contribution in [0.4, 0.5) is 17.6 Å². The van der Waals surface area contributed by atoms with Crippen LogP contribution in [0.25, 0.3) is 0 Å². The van der Waals surface area contributed by atoms with Crippen LogP contribution in [0.15, 0.2) is 0 Å². The van der Waals surface area contributed by atoms with Gasteiger partial charge in [0, 0.05) is 5.92 Å². The molecule has 1 N–H and O–H groups in total. The molecule has 1 unspecified atom stereocenters. The molecule has 1 rings (SSSR count). The van der Waals surface area contributed by atoms with Crippen molar-refractivity contribution in [2.75, 3.05) is 0 Å². The number of esters is 1. The molecular formula is C10H11F4NO5S. The number of halogens is 4. The first-order valence-electron chi connectivity index (χ1n) is 5.77. The molecule has 0 aromatic carbocycles. The lowest BCUT2D eigenvalue weighted by molar-refractivity contribution is -0.433. The van der Waals surface area contributed by atoms with Gasteiger partial charge in [0.25, 0.3) is 0 Å². The second kappa shape index (κ2) is 7.26. The number of carbonyl (C=O) groups excluding carboxylic acids is 1. The molecule has 0 bridgehead atoms. The van der Waals surface area contributed by atoms with Crippen molar-refractivity contribution in [3.05, 3.63) is 0 Å². The Morgan fingerprint density at radius 2 is 1.81 bits per heavy atom. The van der Waals surface area contributed by atoms with Gasteiger partial charge in [0.15, 0.2) is 0 Å². The zero-order valence-electron chi connectivity index (χ0n) is 10.4. The maximum Gasteiger partial charge on any atom is 0.446 e. The Hall–Kier alpha value is -1.09. The monoisotopic (exact) mass is 333 g/mol. The van der Waals surface area contributed by atoms with E-state index < -0.39 is 35.3 Å². The maximum atomic E-state index is 13.8. The van der Waals surface area contributed by atoms with Gasteiger partial charge >= 0.3 is 17.1 Å². The Labute approximate surface area is 121 Å². The molecule has 6 nitrogen and oxygen atoms in total. The van der Waals surface area contributed by atoms with Gasteiger partial charge in [-0.25, -0.2) is 14.4 Å². The first-order valence-corrected chi connectivity index (χ1v) is 6.51. The molecule has 0 aromatic rings. The highest BCUT2D eigenvalue weighted by Gasteiger charge is 2.66. The first-order chi connectivity index (χ1) is 9.74. The topological polar surface area (TPSA) is 88.8 Å². The van der Waals surface area contributed by atoms with Crippen LogP contribution in [-0.2, 0) is 18.9 Å².